The van der Waals surface area contributed by atoms with Gasteiger partial charge < -0.3 is 5.32 Å². The fraction of sp³-hybridized carbons (Fsp3) is 0.320. The molecule has 160 valence electrons. The van der Waals surface area contributed by atoms with Crippen LogP contribution in [0.1, 0.15) is 37.4 Å². The highest BCUT2D eigenvalue weighted by Crippen LogP contribution is 2.32. The monoisotopic (exact) mass is 433 g/mol. The average Bonchev–Trinajstić information content (AvgIpc) is 3.17. The van der Waals surface area contributed by atoms with E-state index in [9.17, 15) is 9.59 Å². The van der Waals surface area contributed by atoms with Crippen molar-refractivity contribution in [2.24, 2.45) is 0 Å². The van der Waals surface area contributed by atoms with Crippen LogP contribution in [-0.2, 0) is 17.8 Å². The van der Waals surface area contributed by atoms with Crippen LogP contribution in [-0.4, -0.2) is 21.7 Å². The zero-order valence-electron chi connectivity index (χ0n) is 17.9. The Bertz CT molecular complexity index is 1260. The zero-order chi connectivity index (χ0) is 21.8. The quantitative estimate of drug-likeness (QED) is 0.433. The van der Waals surface area contributed by atoms with Gasteiger partial charge in [0.25, 0.3) is 5.56 Å². The van der Waals surface area contributed by atoms with Gasteiger partial charge in [-0.3, -0.25) is 9.59 Å². The zero-order valence-corrected chi connectivity index (χ0v) is 18.7. The molecule has 0 fully saturated rings. The first-order valence-corrected chi connectivity index (χ1v) is 11.6. The molecule has 2 heterocycles. The molecule has 0 aliphatic carbocycles. The number of fused-ring (bicyclic) bond motifs is 3. The van der Waals surface area contributed by atoms with Crippen molar-refractivity contribution in [2.45, 2.75) is 52.1 Å². The van der Waals surface area contributed by atoms with Gasteiger partial charge in [-0.1, -0.05) is 48.5 Å². The number of amides is 1. The minimum absolute atomic E-state index is 0.0207. The summed E-state index contributed by atoms with van der Waals surface area (Å²) < 4.78 is 3.57. The third-order valence-corrected chi connectivity index (χ3v) is 6.81. The van der Waals surface area contributed by atoms with Crippen molar-refractivity contribution in [3.8, 4) is 0 Å². The van der Waals surface area contributed by atoms with Crippen LogP contribution in [0.3, 0.4) is 0 Å². The number of carbonyl (C=O) groups excluding carboxylic acids is 1. The number of carbonyl (C=O) groups is 1. The van der Waals surface area contributed by atoms with Crippen molar-refractivity contribution in [1.29, 1.82) is 0 Å². The number of thiophene rings is 1. The summed E-state index contributed by atoms with van der Waals surface area (Å²) in [5.74, 6) is 0.0207. The summed E-state index contributed by atoms with van der Waals surface area (Å²) in [6.45, 7) is 4.41. The molecule has 1 atom stereocenters. The fourth-order valence-electron chi connectivity index (χ4n) is 3.90. The van der Waals surface area contributed by atoms with Gasteiger partial charge in [0, 0.05) is 29.1 Å². The summed E-state index contributed by atoms with van der Waals surface area (Å²) in [5, 5.41) is 9.29. The molecule has 4 rings (SSSR count). The number of aromatic nitrogens is 2. The van der Waals surface area contributed by atoms with Gasteiger partial charge in [0.15, 0.2) is 0 Å². The van der Waals surface area contributed by atoms with Crippen LogP contribution < -0.4 is 10.9 Å². The molecule has 6 heteroatoms. The van der Waals surface area contributed by atoms with Gasteiger partial charge in [-0.25, -0.2) is 4.68 Å². The number of benzene rings is 2. The predicted molar refractivity (Wildman–Crippen MR) is 128 cm³/mol. The topological polar surface area (TPSA) is 64.0 Å². The summed E-state index contributed by atoms with van der Waals surface area (Å²) in [7, 11) is 0. The molecule has 0 aliphatic rings. The Kier molecular flexibility index (Phi) is 6.47. The molecule has 5 nitrogen and oxygen atoms in total. The Morgan fingerprint density at radius 3 is 2.68 bits per heavy atom. The van der Waals surface area contributed by atoms with Gasteiger partial charge in [0.2, 0.25) is 5.91 Å². The number of hydrogen-bond donors (Lipinski definition) is 1. The van der Waals surface area contributed by atoms with E-state index in [2.05, 4.69) is 22.5 Å². The lowest BCUT2D eigenvalue weighted by Gasteiger charge is -2.14. The van der Waals surface area contributed by atoms with Gasteiger partial charge in [-0.2, -0.15) is 5.10 Å². The SMILES string of the molecule is Cc1nn(CCCC(=O)NC(C)CCc2ccccc2)c(=O)c2c1sc1ccccc12. The smallest absolute Gasteiger partial charge is 0.276 e. The van der Waals surface area contributed by atoms with Crippen molar-refractivity contribution in [2.75, 3.05) is 0 Å². The van der Waals surface area contributed by atoms with E-state index in [0.717, 1.165) is 38.7 Å². The summed E-state index contributed by atoms with van der Waals surface area (Å²) in [6.07, 6.45) is 2.80. The molecule has 0 saturated heterocycles. The van der Waals surface area contributed by atoms with Crippen molar-refractivity contribution in [3.05, 3.63) is 76.2 Å². The number of nitrogens with zero attached hydrogens (tertiary/aromatic N) is 2. The molecule has 0 saturated carbocycles. The molecule has 2 aromatic carbocycles. The minimum atomic E-state index is -0.0744. The summed E-state index contributed by atoms with van der Waals surface area (Å²) in [5.41, 5.74) is 2.06. The third kappa shape index (κ3) is 4.85. The number of hydrogen-bond acceptors (Lipinski definition) is 4. The van der Waals surface area contributed by atoms with Crippen LogP contribution in [0, 0.1) is 6.92 Å². The van der Waals surface area contributed by atoms with Gasteiger partial charge in [-0.15, -0.1) is 11.3 Å². The number of aryl methyl sites for hydroxylation is 3. The molecule has 0 radical (unpaired) electrons. The molecule has 2 aromatic heterocycles. The maximum atomic E-state index is 13.0. The first kappa shape index (κ1) is 21.2. The molecule has 4 aromatic rings. The van der Waals surface area contributed by atoms with E-state index in [1.165, 1.54) is 10.2 Å². The predicted octanol–water partition coefficient (Wildman–Crippen LogP) is 4.84. The second-order valence-corrected chi connectivity index (χ2v) is 9.06. The summed E-state index contributed by atoms with van der Waals surface area (Å²) in [4.78, 5) is 25.4. The first-order valence-electron chi connectivity index (χ1n) is 10.7. The van der Waals surface area contributed by atoms with Crippen LogP contribution in [0.5, 0.6) is 0 Å². The van der Waals surface area contributed by atoms with Crippen LogP contribution >= 0.6 is 11.3 Å². The maximum Gasteiger partial charge on any atom is 0.276 e. The standard InChI is InChI=1S/C25H27N3O2S/c1-17(14-15-19-9-4-3-5-10-19)26-22(29)13-8-16-28-25(30)23-20-11-6-7-12-21(20)31-24(23)18(2)27-28/h3-7,9-12,17H,8,13-16H2,1-2H3,(H,26,29). The summed E-state index contributed by atoms with van der Waals surface area (Å²) in [6, 6.07) is 18.4. The van der Waals surface area contributed by atoms with Crippen molar-refractivity contribution >= 4 is 37.4 Å². The highest BCUT2D eigenvalue weighted by Gasteiger charge is 2.15. The molecule has 1 amide bonds. The Balaban J connectivity index is 1.35. The van der Waals surface area contributed by atoms with E-state index in [1.807, 2.05) is 56.3 Å². The van der Waals surface area contributed by atoms with E-state index in [-0.39, 0.29) is 17.5 Å². The number of rotatable bonds is 8. The maximum absolute atomic E-state index is 13.0. The first-order chi connectivity index (χ1) is 15.0. The molecular weight excluding hydrogens is 406 g/mol. The molecule has 1 unspecified atom stereocenters. The second-order valence-electron chi connectivity index (χ2n) is 8.01. The largest absolute Gasteiger partial charge is 0.354 e. The lowest BCUT2D eigenvalue weighted by Crippen LogP contribution is -2.33. The minimum Gasteiger partial charge on any atom is -0.354 e. The van der Waals surface area contributed by atoms with E-state index >= 15 is 0 Å². The van der Waals surface area contributed by atoms with Crippen molar-refractivity contribution < 1.29 is 4.79 Å². The summed E-state index contributed by atoms with van der Waals surface area (Å²) >= 11 is 1.61. The average molecular weight is 434 g/mol. The van der Waals surface area contributed by atoms with Crippen LogP contribution in [0.2, 0.25) is 0 Å². The van der Waals surface area contributed by atoms with Gasteiger partial charge >= 0.3 is 0 Å². The van der Waals surface area contributed by atoms with Gasteiger partial charge in [-0.05, 0) is 44.7 Å². The van der Waals surface area contributed by atoms with E-state index in [1.54, 1.807) is 11.3 Å². The highest BCUT2D eigenvalue weighted by atomic mass is 32.1. The van der Waals surface area contributed by atoms with Crippen LogP contribution in [0.4, 0.5) is 0 Å². The third-order valence-electron chi connectivity index (χ3n) is 5.53. The van der Waals surface area contributed by atoms with Crippen molar-refractivity contribution in [1.82, 2.24) is 15.1 Å². The van der Waals surface area contributed by atoms with Crippen molar-refractivity contribution in [3.63, 3.8) is 0 Å². The molecule has 0 aliphatic heterocycles. The fourth-order valence-corrected chi connectivity index (χ4v) is 5.04. The molecule has 0 bridgehead atoms. The molecule has 31 heavy (non-hydrogen) atoms. The van der Waals surface area contributed by atoms with E-state index in [0.29, 0.717) is 19.4 Å². The molecule has 1 N–H and O–H groups in total. The van der Waals surface area contributed by atoms with Gasteiger partial charge in [0.1, 0.15) is 0 Å². The Labute approximate surface area is 185 Å². The lowest BCUT2D eigenvalue weighted by atomic mass is 10.1. The Hall–Kier alpha value is -2.99. The Morgan fingerprint density at radius 1 is 1.13 bits per heavy atom. The van der Waals surface area contributed by atoms with Crippen LogP contribution in [0.15, 0.2) is 59.4 Å². The lowest BCUT2D eigenvalue weighted by molar-refractivity contribution is -0.121. The highest BCUT2D eigenvalue weighted by molar-refractivity contribution is 7.26. The molecular formula is C25H27N3O2S. The van der Waals surface area contributed by atoms with Crippen LogP contribution in [0.25, 0.3) is 20.2 Å². The van der Waals surface area contributed by atoms with Gasteiger partial charge in [0.05, 0.1) is 15.8 Å². The second kappa shape index (κ2) is 9.43. The Morgan fingerprint density at radius 2 is 1.87 bits per heavy atom. The molecule has 0 spiro atoms. The normalized spacial score (nSPS) is 12.3. The van der Waals surface area contributed by atoms with E-state index in [4.69, 9.17) is 0 Å². The van der Waals surface area contributed by atoms with E-state index < -0.39 is 0 Å². The number of nitrogens with one attached hydrogen (secondary N) is 1.